The fraction of sp³-hybridized carbons (Fsp3) is 0.733. The minimum absolute atomic E-state index is 0.0660. The molecule has 0 N–H and O–H groups in total. The van der Waals surface area contributed by atoms with Gasteiger partial charge in [-0.05, 0) is 31.6 Å². The van der Waals surface area contributed by atoms with Crippen molar-refractivity contribution in [2.75, 3.05) is 25.1 Å². The Morgan fingerprint density at radius 2 is 2.09 bits per heavy atom. The number of aryl methyl sites for hydroxylation is 1. The molecule has 0 spiro atoms. The van der Waals surface area contributed by atoms with Crippen molar-refractivity contribution in [2.45, 2.75) is 39.3 Å². The lowest BCUT2D eigenvalue weighted by molar-refractivity contribution is 0.207. The van der Waals surface area contributed by atoms with Crippen LogP contribution in [0.15, 0.2) is 11.1 Å². The number of hydrogen-bond acceptors (Lipinski definition) is 5. The van der Waals surface area contributed by atoms with Crippen molar-refractivity contribution in [3.63, 3.8) is 0 Å². The molecule has 0 saturated heterocycles. The van der Waals surface area contributed by atoms with E-state index < -0.39 is 9.84 Å². The van der Waals surface area contributed by atoms with Gasteiger partial charge in [-0.25, -0.2) is 13.4 Å². The number of aromatic nitrogens is 2. The van der Waals surface area contributed by atoms with Crippen molar-refractivity contribution < 1.29 is 8.42 Å². The molecule has 0 bridgehead atoms. The third kappa shape index (κ3) is 3.25. The van der Waals surface area contributed by atoms with Gasteiger partial charge in [-0.1, -0.05) is 0 Å². The molecule has 1 saturated carbocycles. The first-order valence-corrected chi connectivity index (χ1v) is 9.85. The maximum absolute atomic E-state index is 12.3. The molecule has 22 heavy (non-hydrogen) atoms. The van der Waals surface area contributed by atoms with E-state index in [0.29, 0.717) is 19.5 Å². The van der Waals surface area contributed by atoms with Crippen LogP contribution < -0.4 is 5.56 Å². The van der Waals surface area contributed by atoms with Crippen LogP contribution in [-0.2, 0) is 29.3 Å². The van der Waals surface area contributed by atoms with Gasteiger partial charge in [0.1, 0.15) is 9.84 Å². The second kappa shape index (κ2) is 5.45. The molecular formula is C15H23N3O3S. The number of sulfone groups is 1. The molecule has 1 aliphatic carbocycles. The Balaban J connectivity index is 1.73. The van der Waals surface area contributed by atoms with Crippen molar-refractivity contribution in [2.24, 2.45) is 5.41 Å². The lowest BCUT2D eigenvalue weighted by Gasteiger charge is -2.31. The van der Waals surface area contributed by atoms with Gasteiger partial charge in [-0.2, -0.15) is 0 Å². The molecule has 7 heteroatoms. The summed E-state index contributed by atoms with van der Waals surface area (Å²) in [5, 5.41) is 0. The molecule has 1 aromatic rings. The van der Waals surface area contributed by atoms with Gasteiger partial charge in [-0.3, -0.25) is 14.3 Å². The topological polar surface area (TPSA) is 72.3 Å². The van der Waals surface area contributed by atoms with Gasteiger partial charge >= 0.3 is 0 Å². The summed E-state index contributed by atoms with van der Waals surface area (Å²) < 4.78 is 24.8. The summed E-state index contributed by atoms with van der Waals surface area (Å²) in [5.41, 5.74) is 1.69. The van der Waals surface area contributed by atoms with Crippen LogP contribution in [0, 0.1) is 5.41 Å². The van der Waals surface area contributed by atoms with Crippen LogP contribution in [0.4, 0.5) is 0 Å². The lowest BCUT2D eigenvalue weighted by atomic mass is 10.0. The molecule has 0 unspecified atom stereocenters. The minimum Gasteiger partial charge on any atom is -0.299 e. The Morgan fingerprint density at radius 3 is 2.68 bits per heavy atom. The summed E-state index contributed by atoms with van der Waals surface area (Å²) in [6.45, 7) is 4.83. The molecule has 122 valence electrons. The van der Waals surface area contributed by atoms with Gasteiger partial charge < -0.3 is 0 Å². The molecule has 3 rings (SSSR count). The Morgan fingerprint density at radius 1 is 1.36 bits per heavy atom. The summed E-state index contributed by atoms with van der Waals surface area (Å²) in [6, 6.07) is 0. The van der Waals surface area contributed by atoms with E-state index >= 15 is 0 Å². The highest BCUT2D eigenvalue weighted by Gasteiger charge is 2.46. The first kappa shape index (κ1) is 15.7. The van der Waals surface area contributed by atoms with E-state index in [-0.39, 0.29) is 16.7 Å². The lowest BCUT2D eigenvalue weighted by Crippen LogP contribution is -2.40. The minimum atomic E-state index is -2.94. The molecule has 1 aliphatic heterocycles. The molecular weight excluding hydrogens is 302 g/mol. The fourth-order valence-corrected chi connectivity index (χ4v) is 4.92. The second-order valence-corrected chi connectivity index (χ2v) is 8.93. The van der Waals surface area contributed by atoms with E-state index in [4.69, 9.17) is 0 Å². The van der Waals surface area contributed by atoms with Crippen LogP contribution in [-0.4, -0.2) is 48.0 Å². The maximum Gasteiger partial charge on any atom is 0.256 e. The van der Waals surface area contributed by atoms with Gasteiger partial charge in [0, 0.05) is 38.0 Å². The molecule has 0 radical (unpaired) electrons. The predicted molar refractivity (Wildman–Crippen MR) is 84.5 cm³/mol. The molecule has 1 aromatic heterocycles. The highest BCUT2D eigenvalue weighted by molar-refractivity contribution is 7.90. The first-order valence-electron chi connectivity index (χ1n) is 7.79. The molecule has 6 nitrogen and oxygen atoms in total. The zero-order valence-corrected chi connectivity index (χ0v) is 14.0. The van der Waals surface area contributed by atoms with Crippen molar-refractivity contribution in [1.29, 1.82) is 0 Å². The van der Waals surface area contributed by atoms with Crippen molar-refractivity contribution in [1.82, 2.24) is 14.5 Å². The summed E-state index contributed by atoms with van der Waals surface area (Å²) >= 11 is 0. The van der Waals surface area contributed by atoms with E-state index in [1.807, 2.05) is 6.92 Å². The highest BCUT2D eigenvalue weighted by atomic mass is 32.2. The third-order valence-electron chi connectivity index (χ3n) is 4.70. The molecule has 2 heterocycles. The Labute approximate surface area is 131 Å². The fourth-order valence-electron chi connectivity index (χ4n) is 3.43. The third-order valence-corrected chi connectivity index (χ3v) is 5.83. The van der Waals surface area contributed by atoms with Crippen molar-refractivity contribution >= 4 is 9.84 Å². The quantitative estimate of drug-likeness (QED) is 0.786. The Bertz CT molecular complexity index is 735. The second-order valence-electron chi connectivity index (χ2n) is 6.79. The summed E-state index contributed by atoms with van der Waals surface area (Å²) in [4.78, 5) is 18.9. The van der Waals surface area contributed by atoms with Gasteiger partial charge in [-0.15, -0.1) is 0 Å². The number of nitrogens with zero attached hydrogens (tertiary/aromatic N) is 3. The van der Waals surface area contributed by atoms with Crippen LogP contribution in [0.1, 0.15) is 31.0 Å². The Hall–Kier alpha value is -1.21. The van der Waals surface area contributed by atoms with Gasteiger partial charge in [0.25, 0.3) is 5.56 Å². The van der Waals surface area contributed by atoms with Gasteiger partial charge in [0.05, 0.1) is 17.8 Å². The molecule has 0 atom stereocenters. The predicted octanol–water partition coefficient (Wildman–Crippen LogP) is 0.446. The normalized spacial score (nSPS) is 20.6. The van der Waals surface area contributed by atoms with Crippen LogP contribution in [0.3, 0.4) is 0 Å². The number of hydrogen-bond donors (Lipinski definition) is 0. The Kier molecular flexibility index (Phi) is 3.89. The average molecular weight is 325 g/mol. The number of fused-ring (bicyclic) bond motifs is 1. The van der Waals surface area contributed by atoms with Gasteiger partial charge in [0.2, 0.25) is 0 Å². The van der Waals surface area contributed by atoms with Crippen LogP contribution in [0.25, 0.3) is 0 Å². The van der Waals surface area contributed by atoms with Crippen molar-refractivity contribution in [3.05, 3.63) is 27.9 Å². The van der Waals surface area contributed by atoms with Crippen LogP contribution in [0.2, 0.25) is 0 Å². The summed E-state index contributed by atoms with van der Waals surface area (Å²) in [5.74, 6) is 0.272. The SMILES string of the molecule is CCn1cnc2c(c1=O)CCN(CC1(CS(C)(=O)=O)CC1)C2. The molecule has 1 fully saturated rings. The van der Waals surface area contributed by atoms with Crippen molar-refractivity contribution in [3.8, 4) is 0 Å². The van der Waals surface area contributed by atoms with E-state index in [9.17, 15) is 13.2 Å². The molecule has 2 aliphatic rings. The van der Waals surface area contributed by atoms with E-state index in [1.165, 1.54) is 6.26 Å². The molecule has 0 amide bonds. The maximum atomic E-state index is 12.3. The summed E-state index contributed by atoms with van der Waals surface area (Å²) in [7, 11) is -2.94. The average Bonchev–Trinajstić information content (AvgIpc) is 3.16. The van der Waals surface area contributed by atoms with E-state index in [1.54, 1.807) is 10.9 Å². The highest BCUT2D eigenvalue weighted by Crippen LogP contribution is 2.47. The first-order chi connectivity index (χ1) is 10.3. The monoisotopic (exact) mass is 325 g/mol. The zero-order valence-electron chi connectivity index (χ0n) is 13.2. The number of rotatable bonds is 5. The standard InChI is InChI=1S/C15H23N3O3S/c1-3-18-11-16-13-8-17(7-4-12(13)14(18)19)9-15(5-6-15)10-22(2,20)21/h11H,3-10H2,1-2H3. The molecule has 0 aromatic carbocycles. The smallest absolute Gasteiger partial charge is 0.256 e. The van der Waals surface area contributed by atoms with E-state index in [2.05, 4.69) is 9.88 Å². The van der Waals surface area contributed by atoms with Crippen LogP contribution >= 0.6 is 0 Å². The largest absolute Gasteiger partial charge is 0.299 e. The summed E-state index contributed by atoms with van der Waals surface area (Å²) in [6.07, 6.45) is 5.60. The van der Waals surface area contributed by atoms with Gasteiger partial charge in [0.15, 0.2) is 0 Å². The zero-order chi connectivity index (χ0) is 16.0. The van der Waals surface area contributed by atoms with Crippen LogP contribution in [0.5, 0.6) is 0 Å². The van der Waals surface area contributed by atoms with E-state index in [0.717, 1.165) is 37.2 Å².